The van der Waals surface area contributed by atoms with Crippen molar-refractivity contribution in [1.82, 2.24) is 4.98 Å². The maximum atomic E-state index is 14.1. The summed E-state index contributed by atoms with van der Waals surface area (Å²) in [6, 6.07) is 17.2. The molecular weight excluding hydrogens is 415 g/mol. The molecule has 6 heteroatoms. The number of fused-ring (bicyclic) bond motifs is 1. The third kappa shape index (κ3) is 4.25. The van der Waals surface area contributed by atoms with E-state index in [1.807, 2.05) is 12.1 Å². The second kappa shape index (κ2) is 8.46. The number of aromatic nitrogens is 1. The fourth-order valence-corrected chi connectivity index (χ4v) is 3.57. The lowest BCUT2D eigenvalue weighted by atomic mass is 9.96. The van der Waals surface area contributed by atoms with Crippen LogP contribution in [0.5, 0.6) is 0 Å². The first-order valence-electron chi connectivity index (χ1n) is 8.41. The molecule has 1 unspecified atom stereocenters. The average Bonchev–Trinajstić information content (AvgIpc) is 2.66. The number of pyridine rings is 1. The number of hydrogen-bond donors (Lipinski definition) is 1. The van der Waals surface area contributed by atoms with Gasteiger partial charge in [0.1, 0.15) is 22.9 Å². The van der Waals surface area contributed by atoms with E-state index < -0.39 is 17.7 Å². The smallest absolute Gasteiger partial charge is 0.132 e. The summed E-state index contributed by atoms with van der Waals surface area (Å²) in [5.74, 6) is -1.51. The van der Waals surface area contributed by atoms with Crippen molar-refractivity contribution in [2.24, 2.45) is 0 Å². The Bertz CT molecular complexity index is 1200. The Morgan fingerprint density at radius 1 is 0.897 bits per heavy atom. The summed E-state index contributed by atoms with van der Waals surface area (Å²) in [7, 11) is 0. The second-order valence-corrected chi connectivity index (χ2v) is 7.17. The van der Waals surface area contributed by atoms with Gasteiger partial charge in [0.2, 0.25) is 0 Å². The zero-order valence-corrected chi connectivity index (χ0v) is 15.8. The molecule has 1 heterocycles. The highest BCUT2D eigenvalue weighted by atomic mass is 35.5. The van der Waals surface area contributed by atoms with Crippen LogP contribution in [0.1, 0.15) is 24.7 Å². The van der Waals surface area contributed by atoms with Crippen LogP contribution in [0.15, 0.2) is 66.7 Å². The molecule has 1 atom stereocenters. The Labute approximate surface area is 177 Å². The van der Waals surface area contributed by atoms with Crippen LogP contribution in [0.2, 0.25) is 10.2 Å². The van der Waals surface area contributed by atoms with Gasteiger partial charge in [0.05, 0.1) is 5.52 Å². The number of nitrogens with zero attached hydrogens (tertiary/aromatic N) is 1. The van der Waals surface area contributed by atoms with Crippen molar-refractivity contribution < 1.29 is 13.9 Å². The van der Waals surface area contributed by atoms with Crippen molar-refractivity contribution in [3.8, 4) is 11.1 Å². The predicted octanol–water partition coefficient (Wildman–Crippen LogP) is 7.20. The van der Waals surface area contributed by atoms with Crippen LogP contribution >= 0.6 is 23.2 Å². The first-order valence-corrected chi connectivity index (χ1v) is 9.17. The molecule has 0 aliphatic heterocycles. The van der Waals surface area contributed by atoms with E-state index in [1.54, 1.807) is 36.4 Å². The lowest BCUT2D eigenvalue weighted by Gasteiger charge is -2.15. The van der Waals surface area contributed by atoms with Crippen molar-refractivity contribution in [1.29, 1.82) is 0 Å². The highest BCUT2D eigenvalue weighted by molar-refractivity contribution is 6.31. The minimum atomic E-state index is -1.26. The molecule has 0 aliphatic rings. The Morgan fingerprint density at radius 2 is 1.69 bits per heavy atom. The number of aliphatic hydroxyl groups excluding tert-OH is 1. The van der Waals surface area contributed by atoms with Gasteiger partial charge in [0, 0.05) is 22.0 Å². The first kappa shape index (κ1) is 21.2. The fourth-order valence-electron chi connectivity index (χ4n) is 3.18. The van der Waals surface area contributed by atoms with E-state index in [4.69, 9.17) is 23.2 Å². The Kier molecular flexibility index (Phi) is 6.18. The summed E-state index contributed by atoms with van der Waals surface area (Å²) in [6.07, 6.45) is -1.26. The van der Waals surface area contributed by atoms with E-state index in [9.17, 15) is 13.9 Å². The van der Waals surface area contributed by atoms with Gasteiger partial charge in [0.15, 0.2) is 0 Å². The van der Waals surface area contributed by atoms with Gasteiger partial charge in [-0.05, 0) is 53.1 Å². The molecule has 29 heavy (non-hydrogen) atoms. The van der Waals surface area contributed by atoms with Crippen LogP contribution in [0, 0.1) is 11.6 Å². The van der Waals surface area contributed by atoms with Crippen LogP contribution in [0.3, 0.4) is 0 Å². The highest BCUT2D eigenvalue weighted by Crippen LogP contribution is 2.34. The van der Waals surface area contributed by atoms with Crippen molar-refractivity contribution in [3.05, 3.63) is 99.7 Å². The number of rotatable bonds is 3. The number of halogens is 4. The first-order chi connectivity index (χ1) is 13.4. The summed E-state index contributed by atoms with van der Waals surface area (Å²) >= 11 is 12.3. The summed E-state index contributed by atoms with van der Waals surface area (Å²) in [5.41, 5.74) is 2.68. The summed E-state index contributed by atoms with van der Waals surface area (Å²) in [5, 5.41) is 12.3. The Hall–Kier alpha value is -2.53. The van der Waals surface area contributed by atoms with Gasteiger partial charge in [-0.1, -0.05) is 54.9 Å². The minimum absolute atomic E-state index is 0. The van der Waals surface area contributed by atoms with Gasteiger partial charge in [-0.15, -0.1) is 0 Å². The quantitative estimate of drug-likeness (QED) is 0.347. The largest absolute Gasteiger partial charge is 0.384 e. The van der Waals surface area contributed by atoms with Gasteiger partial charge in [-0.25, -0.2) is 13.8 Å². The molecule has 0 bridgehead atoms. The molecule has 148 valence electrons. The SMILES string of the molecule is C.OC(c1ccc2nc(Cl)cc(-c3cccc(Cl)c3)c2c1)c1ccc(F)cc1F. The van der Waals surface area contributed by atoms with Crippen molar-refractivity contribution in [3.63, 3.8) is 0 Å². The van der Waals surface area contributed by atoms with E-state index in [-0.39, 0.29) is 13.0 Å². The molecule has 0 radical (unpaired) electrons. The normalized spacial score (nSPS) is 11.9. The molecule has 4 rings (SSSR count). The van der Waals surface area contributed by atoms with Gasteiger partial charge in [0.25, 0.3) is 0 Å². The molecule has 2 nitrogen and oxygen atoms in total. The molecule has 0 aliphatic carbocycles. The monoisotopic (exact) mass is 431 g/mol. The number of benzene rings is 3. The molecule has 0 saturated carbocycles. The van der Waals surface area contributed by atoms with Crippen molar-refractivity contribution in [2.75, 3.05) is 0 Å². The molecular formula is C23H17Cl2F2NO. The highest BCUT2D eigenvalue weighted by Gasteiger charge is 2.17. The lowest BCUT2D eigenvalue weighted by Crippen LogP contribution is -2.03. The zero-order chi connectivity index (χ0) is 19.8. The van der Waals surface area contributed by atoms with E-state index >= 15 is 0 Å². The Morgan fingerprint density at radius 3 is 2.41 bits per heavy atom. The molecule has 0 saturated heterocycles. The Balaban J connectivity index is 0.00000240. The summed E-state index contributed by atoms with van der Waals surface area (Å²) in [4.78, 5) is 4.31. The van der Waals surface area contributed by atoms with E-state index in [1.165, 1.54) is 6.07 Å². The predicted molar refractivity (Wildman–Crippen MR) is 114 cm³/mol. The third-order valence-electron chi connectivity index (χ3n) is 4.51. The lowest BCUT2D eigenvalue weighted by molar-refractivity contribution is 0.215. The molecule has 1 aromatic heterocycles. The average molecular weight is 432 g/mol. The topological polar surface area (TPSA) is 33.1 Å². The van der Waals surface area contributed by atoms with Crippen LogP contribution in [0.4, 0.5) is 8.78 Å². The maximum Gasteiger partial charge on any atom is 0.132 e. The molecule has 0 spiro atoms. The summed E-state index contributed by atoms with van der Waals surface area (Å²) < 4.78 is 27.3. The number of aliphatic hydroxyl groups is 1. The van der Waals surface area contributed by atoms with Gasteiger partial charge >= 0.3 is 0 Å². The minimum Gasteiger partial charge on any atom is -0.384 e. The maximum absolute atomic E-state index is 14.1. The van der Waals surface area contributed by atoms with Crippen LogP contribution in [-0.4, -0.2) is 10.1 Å². The third-order valence-corrected chi connectivity index (χ3v) is 4.94. The molecule has 0 amide bonds. The van der Waals surface area contributed by atoms with E-state index in [0.717, 1.165) is 28.6 Å². The standard InChI is InChI=1S/C22H13Cl2F2NO.CH4/c23-14-3-1-2-12(8-14)17-11-21(24)27-20-7-4-13(9-18(17)20)22(28)16-6-5-15(25)10-19(16)26;/h1-11,22,28H;1H4. The zero-order valence-electron chi connectivity index (χ0n) is 14.3. The van der Waals surface area contributed by atoms with Gasteiger partial charge < -0.3 is 5.11 Å². The van der Waals surface area contributed by atoms with Crippen molar-refractivity contribution >= 4 is 34.1 Å². The molecule has 0 fully saturated rings. The summed E-state index contributed by atoms with van der Waals surface area (Å²) in [6.45, 7) is 0. The molecule has 4 aromatic rings. The van der Waals surface area contributed by atoms with E-state index in [2.05, 4.69) is 4.98 Å². The number of hydrogen-bond acceptors (Lipinski definition) is 2. The van der Waals surface area contributed by atoms with E-state index in [0.29, 0.717) is 21.3 Å². The van der Waals surface area contributed by atoms with Crippen LogP contribution in [0.25, 0.3) is 22.0 Å². The fraction of sp³-hybridized carbons (Fsp3) is 0.0870. The molecule has 1 N–H and O–H groups in total. The molecule has 3 aromatic carbocycles. The van der Waals surface area contributed by atoms with Crippen LogP contribution in [-0.2, 0) is 0 Å². The van der Waals surface area contributed by atoms with Crippen LogP contribution < -0.4 is 0 Å². The van der Waals surface area contributed by atoms with Gasteiger partial charge in [-0.2, -0.15) is 0 Å². The second-order valence-electron chi connectivity index (χ2n) is 6.35. The van der Waals surface area contributed by atoms with Crippen molar-refractivity contribution in [2.45, 2.75) is 13.5 Å². The van der Waals surface area contributed by atoms with Gasteiger partial charge in [-0.3, -0.25) is 0 Å².